The second-order valence-electron chi connectivity index (χ2n) is 5.03. The van der Waals surface area contributed by atoms with Crippen LogP contribution in [0.1, 0.15) is 24.8 Å². The number of rotatable bonds is 6. The van der Waals surface area contributed by atoms with Crippen molar-refractivity contribution in [2.45, 2.75) is 38.5 Å². The van der Waals surface area contributed by atoms with Gasteiger partial charge in [-0.1, -0.05) is 12.5 Å². The van der Waals surface area contributed by atoms with E-state index in [0.717, 1.165) is 37.7 Å². The van der Waals surface area contributed by atoms with Gasteiger partial charge in [-0.15, -0.1) is 0 Å². The normalized spacial score (nSPS) is 19.5. The van der Waals surface area contributed by atoms with Crippen LogP contribution in [0.15, 0.2) is 18.2 Å². The average Bonchev–Trinajstić information content (AvgIpc) is 2.49. The number of methoxy groups -OCH3 is 1. The minimum atomic E-state index is -2.88. The topological polar surface area (TPSA) is 38.8 Å². The number of carbonyl (C=O) groups excluding carboxylic acids is 1. The fourth-order valence-electron chi connectivity index (χ4n) is 2.61. The molecule has 0 spiro atoms. The summed E-state index contributed by atoms with van der Waals surface area (Å²) in [5.41, 5.74) is 0.905. The number of nitrogens with zero attached hydrogens (tertiary/aromatic N) is 1. The van der Waals surface area contributed by atoms with E-state index in [1.165, 1.54) is 13.2 Å². The number of likely N-dealkylation sites (tertiary alicyclic amines) is 1. The highest BCUT2D eigenvalue weighted by molar-refractivity contribution is 5.57. The van der Waals surface area contributed by atoms with Crippen LogP contribution in [-0.4, -0.2) is 37.5 Å². The minimum Gasteiger partial charge on any atom is -0.493 e. The number of hydrogen-bond donors (Lipinski definition) is 0. The second kappa shape index (κ2) is 7.36. The standard InChI is InChI=1S/C15H19F2NO3/c1-20-14-8-11(5-6-13(14)21-15(16)17)9-18-7-3-2-4-12(18)10-19/h5-6,8,10,12,15H,2-4,7,9H2,1H3. The molecule has 0 radical (unpaired) electrons. The third-order valence-corrected chi connectivity index (χ3v) is 3.65. The first-order valence-electron chi connectivity index (χ1n) is 6.95. The third kappa shape index (κ3) is 4.14. The van der Waals surface area contributed by atoms with Gasteiger partial charge in [-0.05, 0) is 37.1 Å². The van der Waals surface area contributed by atoms with Crippen LogP contribution in [0.5, 0.6) is 11.5 Å². The molecule has 1 aliphatic heterocycles. The molecule has 4 nitrogen and oxygen atoms in total. The van der Waals surface area contributed by atoms with Crippen molar-refractivity contribution in [1.82, 2.24) is 4.90 Å². The lowest BCUT2D eigenvalue weighted by molar-refractivity contribution is -0.113. The summed E-state index contributed by atoms with van der Waals surface area (Å²) in [6.45, 7) is -1.43. The molecule has 1 aromatic carbocycles. The molecule has 0 saturated carbocycles. The van der Waals surface area contributed by atoms with Crippen molar-refractivity contribution >= 4 is 6.29 Å². The van der Waals surface area contributed by atoms with Gasteiger partial charge in [-0.25, -0.2) is 0 Å². The van der Waals surface area contributed by atoms with E-state index in [1.54, 1.807) is 12.1 Å². The van der Waals surface area contributed by atoms with Crippen molar-refractivity contribution in [3.05, 3.63) is 23.8 Å². The lowest BCUT2D eigenvalue weighted by Gasteiger charge is -2.32. The van der Waals surface area contributed by atoms with Gasteiger partial charge >= 0.3 is 6.61 Å². The van der Waals surface area contributed by atoms with Gasteiger partial charge in [-0.2, -0.15) is 8.78 Å². The van der Waals surface area contributed by atoms with Crippen molar-refractivity contribution in [3.63, 3.8) is 0 Å². The molecule has 1 fully saturated rings. The zero-order valence-corrected chi connectivity index (χ0v) is 11.9. The minimum absolute atomic E-state index is 0.0156. The monoisotopic (exact) mass is 299 g/mol. The number of hydrogen-bond acceptors (Lipinski definition) is 4. The Bertz CT molecular complexity index is 482. The molecule has 1 aliphatic rings. The predicted molar refractivity (Wildman–Crippen MR) is 73.7 cm³/mol. The first-order chi connectivity index (χ1) is 10.1. The number of halogens is 2. The van der Waals surface area contributed by atoms with Crippen LogP contribution in [0, 0.1) is 0 Å². The Morgan fingerprint density at radius 2 is 2.19 bits per heavy atom. The van der Waals surface area contributed by atoms with Gasteiger partial charge in [0.05, 0.1) is 13.2 Å². The summed E-state index contributed by atoms with van der Waals surface area (Å²) >= 11 is 0. The summed E-state index contributed by atoms with van der Waals surface area (Å²) in [5, 5.41) is 0. The maximum atomic E-state index is 12.3. The summed E-state index contributed by atoms with van der Waals surface area (Å²) in [5.74, 6) is 0.286. The van der Waals surface area contributed by atoms with Crippen molar-refractivity contribution in [2.24, 2.45) is 0 Å². The molecule has 1 aromatic rings. The molecule has 0 aromatic heterocycles. The van der Waals surface area contributed by atoms with E-state index in [2.05, 4.69) is 9.64 Å². The maximum absolute atomic E-state index is 12.3. The Hall–Kier alpha value is -1.69. The highest BCUT2D eigenvalue weighted by Gasteiger charge is 2.22. The quantitative estimate of drug-likeness (QED) is 0.757. The molecule has 0 aliphatic carbocycles. The van der Waals surface area contributed by atoms with Crippen molar-refractivity contribution in [2.75, 3.05) is 13.7 Å². The van der Waals surface area contributed by atoms with Gasteiger partial charge in [0, 0.05) is 6.54 Å². The fraction of sp³-hybridized carbons (Fsp3) is 0.533. The summed E-state index contributed by atoms with van der Waals surface area (Å²) < 4.78 is 34.0. The molecule has 116 valence electrons. The molecular weight excluding hydrogens is 280 g/mol. The molecule has 0 amide bonds. The van der Waals surface area contributed by atoms with E-state index in [4.69, 9.17) is 4.74 Å². The Morgan fingerprint density at radius 3 is 2.86 bits per heavy atom. The molecule has 2 rings (SSSR count). The summed E-state index contributed by atoms with van der Waals surface area (Å²) in [7, 11) is 1.41. The highest BCUT2D eigenvalue weighted by atomic mass is 19.3. The molecule has 6 heteroatoms. The van der Waals surface area contributed by atoms with Crippen LogP contribution in [0.3, 0.4) is 0 Å². The molecule has 1 atom stereocenters. The Kier molecular flexibility index (Phi) is 5.50. The first kappa shape index (κ1) is 15.7. The van der Waals surface area contributed by atoms with E-state index in [9.17, 15) is 13.6 Å². The molecule has 1 heterocycles. The number of carbonyl (C=O) groups is 1. The smallest absolute Gasteiger partial charge is 0.387 e. The van der Waals surface area contributed by atoms with Gasteiger partial charge in [0.1, 0.15) is 6.29 Å². The van der Waals surface area contributed by atoms with E-state index in [1.807, 2.05) is 0 Å². The van der Waals surface area contributed by atoms with Gasteiger partial charge in [0.2, 0.25) is 0 Å². The van der Waals surface area contributed by atoms with E-state index >= 15 is 0 Å². The highest BCUT2D eigenvalue weighted by Crippen LogP contribution is 2.30. The van der Waals surface area contributed by atoms with Gasteiger partial charge in [0.15, 0.2) is 11.5 Å². The lowest BCUT2D eigenvalue weighted by Crippen LogP contribution is -2.39. The molecule has 0 N–H and O–H groups in total. The number of benzene rings is 1. The van der Waals surface area contributed by atoms with Gasteiger partial charge in [-0.3, -0.25) is 4.90 Å². The number of piperidine rings is 1. The van der Waals surface area contributed by atoms with Crippen LogP contribution in [0.25, 0.3) is 0 Å². The fourth-order valence-corrected chi connectivity index (χ4v) is 2.61. The van der Waals surface area contributed by atoms with Gasteiger partial charge in [0.25, 0.3) is 0 Å². The number of aldehydes is 1. The first-order valence-corrected chi connectivity index (χ1v) is 6.95. The SMILES string of the molecule is COc1cc(CN2CCCCC2C=O)ccc1OC(F)F. The van der Waals surface area contributed by atoms with Crippen LogP contribution < -0.4 is 9.47 Å². The van der Waals surface area contributed by atoms with Gasteiger partial charge < -0.3 is 14.3 Å². The average molecular weight is 299 g/mol. The van der Waals surface area contributed by atoms with Crippen LogP contribution in [0.4, 0.5) is 8.78 Å². The molecule has 1 saturated heterocycles. The molecular formula is C15H19F2NO3. The largest absolute Gasteiger partial charge is 0.493 e. The summed E-state index contributed by atoms with van der Waals surface area (Å²) in [6.07, 6.45) is 3.97. The zero-order chi connectivity index (χ0) is 15.2. The van der Waals surface area contributed by atoms with E-state index < -0.39 is 6.61 Å². The van der Waals surface area contributed by atoms with Crippen LogP contribution >= 0.6 is 0 Å². The van der Waals surface area contributed by atoms with Crippen molar-refractivity contribution in [3.8, 4) is 11.5 Å². The Labute approximate surface area is 122 Å². The van der Waals surface area contributed by atoms with Crippen LogP contribution in [-0.2, 0) is 11.3 Å². The number of alkyl halides is 2. The van der Waals surface area contributed by atoms with Crippen molar-refractivity contribution < 1.29 is 23.0 Å². The number of ether oxygens (including phenoxy) is 2. The summed E-state index contributed by atoms with van der Waals surface area (Å²) in [4.78, 5) is 13.2. The Morgan fingerprint density at radius 1 is 1.38 bits per heavy atom. The second-order valence-corrected chi connectivity index (χ2v) is 5.03. The molecule has 1 unspecified atom stereocenters. The van der Waals surface area contributed by atoms with Crippen LogP contribution in [0.2, 0.25) is 0 Å². The predicted octanol–water partition coefficient (Wildman–Crippen LogP) is 2.85. The molecule has 21 heavy (non-hydrogen) atoms. The molecule has 0 bridgehead atoms. The third-order valence-electron chi connectivity index (χ3n) is 3.65. The summed E-state index contributed by atoms with van der Waals surface area (Å²) in [6, 6.07) is 4.80. The lowest BCUT2D eigenvalue weighted by atomic mass is 10.0. The maximum Gasteiger partial charge on any atom is 0.387 e. The van der Waals surface area contributed by atoms with Crippen molar-refractivity contribution in [1.29, 1.82) is 0 Å². The van der Waals surface area contributed by atoms with E-state index in [0.29, 0.717) is 6.54 Å². The van der Waals surface area contributed by atoms with E-state index in [-0.39, 0.29) is 17.5 Å². The zero-order valence-electron chi connectivity index (χ0n) is 11.9. The Balaban J connectivity index is 2.11.